The van der Waals surface area contributed by atoms with E-state index in [1.807, 2.05) is 42.5 Å². The first kappa shape index (κ1) is 17.9. The van der Waals surface area contributed by atoms with Crippen LogP contribution >= 0.6 is 0 Å². The lowest BCUT2D eigenvalue weighted by molar-refractivity contribution is 0.173. The number of rotatable bonds is 10. The van der Waals surface area contributed by atoms with E-state index >= 15 is 0 Å². The van der Waals surface area contributed by atoms with Crippen LogP contribution in [0.15, 0.2) is 42.5 Å². The minimum atomic E-state index is 0.265. The van der Waals surface area contributed by atoms with Gasteiger partial charge in [-0.15, -0.1) is 0 Å². The standard InChI is InChI=1S/C20H22N2O4/c21-8-1-2-10-23-17-5-3-4-16(12-17)14-22-9-11-24-18-6-7-19-20(13-18)26-15-25-19/h3-7,12-13,22H,1-2,9-11,14-15H2. The van der Waals surface area contributed by atoms with Crippen LogP contribution in [0.4, 0.5) is 0 Å². The third kappa shape index (κ3) is 5.30. The van der Waals surface area contributed by atoms with Crippen molar-refractivity contribution in [3.8, 4) is 29.1 Å². The molecule has 0 spiro atoms. The molecule has 6 heteroatoms. The van der Waals surface area contributed by atoms with Gasteiger partial charge in [0.15, 0.2) is 11.5 Å². The number of ether oxygens (including phenoxy) is 4. The maximum atomic E-state index is 8.53. The van der Waals surface area contributed by atoms with Crippen LogP contribution in [0.3, 0.4) is 0 Å². The SMILES string of the molecule is N#CCCCOc1cccc(CNCCOc2ccc3c(c2)OCO3)c1. The molecule has 26 heavy (non-hydrogen) atoms. The van der Waals surface area contributed by atoms with Crippen molar-refractivity contribution in [2.45, 2.75) is 19.4 Å². The third-order valence-corrected chi connectivity index (χ3v) is 3.82. The number of hydrogen-bond acceptors (Lipinski definition) is 6. The molecule has 0 amide bonds. The van der Waals surface area contributed by atoms with Crippen LogP contribution < -0.4 is 24.3 Å². The second kappa shape index (κ2) is 9.54. The average Bonchev–Trinajstić information content (AvgIpc) is 3.13. The van der Waals surface area contributed by atoms with Gasteiger partial charge in [-0.1, -0.05) is 12.1 Å². The fraction of sp³-hybridized carbons (Fsp3) is 0.350. The van der Waals surface area contributed by atoms with Crippen molar-refractivity contribution in [3.63, 3.8) is 0 Å². The molecule has 3 rings (SSSR count). The van der Waals surface area contributed by atoms with Crippen LogP contribution in [0.25, 0.3) is 0 Å². The van der Waals surface area contributed by atoms with E-state index in [1.165, 1.54) is 0 Å². The summed E-state index contributed by atoms with van der Waals surface area (Å²) < 4.78 is 22.0. The number of nitriles is 1. The highest BCUT2D eigenvalue weighted by Gasteiger charge is 2.13. The van der Waals surface area contributed by atoms with Crippen molar-refractivity contribution in [3.05, 3.63) is 48.0 Å². The average molecular weight is 354 g/mol. The fourth-order valence-corrected chi connectivity index (χ4v) is 2.53. The molecule has 136 valence electrons. The quantitative estimate of drug-likeness (QED) is 0.660. The lowest BCUT2D eigenvalue weighted by Gasteiger charge is -2.10. The molecular formula is C20H22N2O4. The smallest absolute Gasteiger partial charge is 0.231 e. The van der Waals surface area contributed by atoms with E-state index in [1.54, 1.807) is 0 Å². The minimum absolute atomic E-state index is 0.265. The van der Waals surface area contributed by atoms with E-state index in [-0.39, 0.29) is 6.79 Å². The summed E-state index contributed by atoms with van der Waals surface area (Å²) in [6.45, 7) is 2.85. The number of fused-ring (bicyclic) bond motifs is 1. The molecular weight excluding hydrogens is 332 g/mol. The van der Waals surface area contributed by atoms with Crippen LogP contribution in [-0.2, 0) is 6.54 Å². The van der Waals surface area contributed by atoms with Crippen molar-refractivity contribution in [1.82, 2.24) is 5.32 Å². The number of nitrogens with zero attached hydrogens (tertiary/aromatic N) is 1. The van der Waals surface area contributed by atoms with Crippen molar-refractivity contribution < 1.29 is 18.9 Å². The van der Waals surface area contributed by atoms with Gasteiger partial charge in [-0.2, -0.15) is 5.26 Å². The first-order chi connectivity index (χ1) is 12.8. The van der Waals surface area contributed by atoms with E-state index in [0.29, 0.717) is 19.6 Å². The summed E-state index contributed by atoms with van der Waals surface area (Å²) in [5, 5.41) is 11.9. The van der Waals surface area contributed by atoms with Gasteiger partial charge in [0.25, 0.3) is 0 Å². The van der Waals surface area contributed by atoms with Gasteiger partial charge in [0.05, 0.1) is 12.7 Å². The number of unbranched alkanes of at least 4 members (excludes halogenated alkanes) is 1. The summed E-state index contributed by atoms with van der Waals surface area (Å²) in [5.74, 6) is 3.08. The zero-order valence-electron chi connectivity index (χ0n) is 14.6. The minimum Gasteiger partial charge on any atom is -0.494 e. The predicted molar refractivity (Wildman–Crippen MR) is 96.6 cm³/mol. The molecule has 0 saturated heterocycles. The van der Waals surface area contributed by atoms with Crippen molar-refractivity contribution in [2.24, 2.45) is 0 Å². The van der Waals surface area contributed by atoms with Crippen LogP contribution in [-0.4, -0.2) is 26.6 Å². The predicted octanol–water partition coefficient (Wildman–Crippen LogP) is 3.27. The second-order valence-electron chi connectivity index (χ2n) is 5.80. The Labute approximate surface area is 153 Å². The molecule has 0 radical (unpaired) electrons. The summed E-state index contributed by atoms with van der Waals surface area (Å²) in [6, 6.07) is 15.6. The summed E-state index contributed by atoms with van der Waals surface area (Å²) in [6.07, 6.45) is 1.26. The Morgan fingerprint density at radius 1 is 1.00 bits per heavy atom. The summed E-state index contributed by atoms with van der Waals surface area (Å²) in [4.78, 5) is 0. The van der Waals surface area contributed by atoms with Gasteiger partial charge < -0.3 is 24.3 Å². The summed E-state index contributed by atoms with van der Waals surface area (Å²) in [5.41, 5.74) is 1.14. The van der Waals surface area contributed by atoms with Crippen LogP contribution in [0.5, 0.6) is 23.0 Å². The molecule has 1 heterocycles. The first-order valence-corrected chi connectivity index (χ1v) is 8.67. The second-order valence-corrected chi connectivity index (χ2v) is 5.80. The third-order valence-electron chi connectivity index (χ3n) is 3.82. The van der Waals surface area contributed by atoms with Gasteiger partial charge in [0.1, 0.15) is 18.1 Å². The van der Waals surface area contributed by atoms with Gasteiger partial charge in [-0.05, 0) is 36.2 Å². The Bertz CT molecular complexity index is 758. The van der Waals surface area contributed by atoms with Crippen molar-refractivity contribution >= 4 is 0 Å². The molecule has 1 aliphatic heterocycles. The van der Waals surface area contributed by atoms with Gasteiger partial charge >= 0.3 is 0 Å². The highest BCUT2D eigenvalue weighted by Crippen LogP contribution is 2.34. The molecule has 1 aliphatic rings. The monoisotopic (exact) mass is 354 g/mol. The Kier molecular flexibility index (Phi) is 6.57. The zero-order chi connectivity index (χ0) is 18.0. The van der Waals surface area contributed by atoms with E-state index in [9.17, 15) is 0 Å². The molecule has 0 bridgehead atoms. The molecule has 0 aliphatic carbocycles. The Morgan fingerprint density at radius 2 is 1.85 bits per heavy atom. The lowest BCUT2D eigenvalue weighted by Crippen LogP contribution is -2.20. The molecule has 0 aromatic heterocycles. The lowest BCUT2D eigenvalue weighted by atomic mass is 10.2. The molecule has 1 N–H and O–H groups in total. The van der Waals surface area contributed by atoms with Crippen molar-refractivity contribution in [1.29, 1.82) is 5.26 Å². The number of nitrogens with one attached hydrogen (secondary N) is 1. The van der Waals surface area contributed by atoms with E-state index < -0.39 is 0 Å². The Morgan fingerprint density at radius 3 is 2.77 bits per heavy atom. The van der Waals surface area contributed by atoms with Crippen LogP contribution in [0.2, 0.25) is 0 Å². The molecule has 0 atom stereocenters. The Balaban J connectivity index is 1.35. The molecule has 0 unspecified atom stereocenters. The largest absolute Gasteiger partial charge is 0.494 e. The molecule has 2 aromatic carbocycles. The van der Waals surface area contributed by atoms with Gasteiger partial charge in [0, 0.05) is 25.6 Å². The van der Waals surface area contributed by atoms with E-state index in [0.717, 1.165) is 48.1 Å². The molecule has 0 fully saturated rings. The van der Waals surface area contributed by atoms with Crippen LogP contribution in [0, 0.1) is 11.3 Å². The summed E-state index contributed by atoms with van der Waals surface area (Å²) in [7, 11) is 0. The Hall–Kier alpha value is -2.91. The number of hydrogen-bond donors (Lipinski definition) is 1. The summed E-state index contributed by atoms with van der Waals surface area (Å²) >= 11 is 0. The van der Waals surface area contributed by atoms with Crippen LogP contribution in [0.1, 0.15) is 18.4 Å². The highest BCUT2D eigenvalue weighted by molar-refractivity contribution is 5.46. The van der Waals surface area contributed by atoms with E-state index in [4.69, 9.17) is 24.2 Å². The van der Waals surface area contributed by atoms with Gasteiger partial charge in [-0.25, -0.2) is 0 Å². The van der Waals surface area contributed by atoms with Gasteiger partial charge in [0.2, 0.25) is 6.79 Å². The van der Waals surface area contributed by atoms with Crippen molar-refractivity contribution in [2.75, 3.05) is 26.6 Å². The topological polar surface area (TPSA) is 72.7 Å². The molecule has 6 nitrogen and oxygen atoms in total. The maximum absolute atomic E-state index is 8.53. The molecule has 2 aromatic rings. The first-order valence-electron chi connectivity index (χ1n) is 8.67. The zero-order valence-corrected chi connectivity index (χ0v) is 14.6. The number of benzene rings is 2. The van der Waals surface area contributed by atoms with E-state index in [2.05, 4.69) is 11.4 Å². The normalized spacial score (nSPS) is 11.8. The highest BCUT2D eigenvalue weighted by atomic mass is 16.7. The fourth-order valence-electron chi connectivity index (χ4n) is 2.53. The van der Waals surface area contributed by atoms with Gasteiger partial charge in [-0.3, -0.25) is 0 Å². The molecule has 0 saturated carbocycles. The maximum Gasteiger partial charge on any atom is 0.231 e.